The molecule has 0 bridgehead atoms. The SMILES string of the molecule is NC(C=O)CCC(=O)N1CCCC1. The number of rotatable bonds is 4. The Kier molecular flexibility index (Phi) is 3.89. The smallest absolute Gasteiger partial charge is 0.222 e. The van der Waals surface area contributed by atoms with Crippen molar-refractivity contribution in [1.29, 1.82) is 0 Å². The summed E-state index contributed by atoms with van der Waals surface area (Å²) in [4.78, 5) is 23.5. The topological polar surface area (TPSA) is 63.4 Å². The van der Waals surface area contributed by atoms with Crippen molar-refractivity contribution in [3.05, 3.63) is 0 Å². The van der Waals surface area contributed by atoms with Crippen LogP contribution in [0.5, 0.6) is 0 Å². The molecule has 4 nitrogen and oxygen atoms in total. The summed E-state index contributed by atoms with van der Waals surface area (Å²) >= 11 is 0. The molecule has 0 radical (unpaired) electrons. The van der Waals surface area contributed by atoms with E-state index >= 15 is 0 Å². The van der Waals surface area contributed by atoms with Gasteiger partial charge in [-0.2, -0.15) is 0 Å². The summed E-state index contributed by atoms with van der Waals surface area (Å²) in [5.74, 6) is 0.134. The number of hydrogen-bond acceptors (Lipinski definition) is 3. The van der Waals surface area contributed by atoms with E-state index in [1.165, 1.54) is 0 Å². The van der Waals surface area contributed by atoms with E-state index < -0.39 is 6.04 Å². The van der Waals surface area contributed by atoms with E-state index in [0.717, 1.165) is 25.9 Å². The molecule has 0 aromatic carbocycles. The summed E-state index contributed by atoms with van der Waals surface area (Å²) < 4.78 is 0. The summed E-state index contributed by atoms with van der Waals surface area (Å²) in [5.41, 5.74) is 5.38. The minimum Gasteiger partial charge on any atom is -0.343 e. The molecule has 0 saturated carbocycles. The van der Waals surface area contributed by atoms with Crippen molar-refractivity contribution in [3.63, 3.8) is 0 Å². The van der Waals surface area contributed by atoms with Crippen LogP contribution in [0.4, 0.5) is 0 Å². The van der Waals surface area contributed by atoms with E-state index in [0.29, 0.717) is 19.1 Å². The van der Waals surface area contributed by atoms with E-state index in [4.69, 9.17) is 5.73 Å². The summed E-state index contributed by atoms with van der Waals surface area (Å²) in [5, 5.41) is 0. The van der Waals surface area contributed by atoms with Gasteiger partial charge in [-0.3, -0.25) is 4.79 Å². The molecular weight excluding hydrogens is 168 g/mol. The van der Waals surface area contributed by atoms with Crippen LogP contribution in [0.2, 0.25) is 0 Å². The molecule has 1 unspecified atom stereocenters. The first-order chi connectivity index (χ1) is 6.24. The van der Waals surface area contributed by atoms with Gasteiger partial charge in [0, 0.05) is 19.5 Å². The number of nitrogens with two attached hydrogens (primary N) is 1. The lowest BCUT2D eigenvalue weighted by Crippen LogP contribution is -2.30. The number of carbonyl (C=O) groups is 2. The lowest BCUT2D eigenvalue weighted by molar-refractivity contribution is -0.130. The first-order valence-electron chi connectivity index (χ1n) is 4.72. The van der Waals surface area contributed by atoms with Crippen molar-refractivity contribution < 1.29 is 9.59 Å². The fraction of sp³-hybridized carbons (Fsp3) is 0.778. The van der Waals surface area contributed by atoms with Crippen molar-refractivity contribution in [2.45, 2.75) is 31.7 Å². The first-order valence-corrected chi connectivity index (χ1v) is 4.72. The van der Waals surface area contributed by atoms with Crippen molar-refractivity contribution in [2.24, 2.45) is 5.73 Å². The second-order valence-electron chi connectivity index (χ2n) is 3.43. The largest absolute Gasteiger partial charge is 0.343 e. The Morgan fingerprint density at radius 2 is 2.08 bits per heavy atom. The van der Waals surface area contributed by atoms with Crippen LogP contribution in [0, 0.1) is 0 Å². The van der Waals surface area contributed by atoms with Gasteiger partial charge in [0.1, 0.15) is 6.29 Å². The molecule has 1 aliphatic rings. The molecule has 13 heavy (non-hydrogen) atoms. The predicted octanol–water partition coefficient (Wildman–Crippen LogP) is -0.0848. The molecule has 0 aromatic rings. The average molecular weight is 184 g/mol. The van der Waals surface area contributed by atoms with Gasteiger partial charge in [-0.15, -0.1) is 0 Å². The number of carbonyl (C=O) groups excluding carboxylic acids is 2. The summed E-state index contributed by atoms with van der Waals surface area (Å²) in [7, 11) is 0. The van der Waals surface area contributed by atoms with E-state index in [9.17, 15) is 9.59 Å². The van der Waals surface area contributed by atoms with Gasteiger partial charge in [0.2, 0.25) is 5.91 Å². The molecule has 1 fully saturated rings. The molecular formula is C9H16N2O2. The highest BCUT2D eigenvalue weighted by atomic mass is 16.2. The molecule has 0 aliphatic carbocycles. The predicted molar refractivity (Wildman–Crippen MR) is 49.1 cm³/mol. The van der Waals surface area contributed by atoms with Crippen LogP contribution in [0.3, 0.4) is 0 Å². The normalized spacial score (nSPS) is 18.7. The van der Waals surface area contributed by atoms with Gasteiger partial charge in [-0.25, -0.2) is 0 Å². The lowest BCUT2D eigenvalue weighted by atomic mass is 10.2. The summed E-state index contributed by atoms with van der Waals surface area (Å²) in [6, 6.07) is -0.480. The van der Waals surface area contributed by atoms with E-state index in [-0.39, 0.29) is 5.91 Å². The zero-order chi connectivity index (χ0) is 9.68. The zero-order valence-electron chi connectivity index (χ0n) is 7.74. The van der Waals surface area contributed by atoms with Crippen LogP contribution in [0.15, 0.2) is 0 Å². The molecule has 2 N–H and O–H groups in total. The Morgan fingerprint density at radius 3 is 2.62 bits per heavy atom. The van der Waals surface area contributed by atoms with Crippen LogP contribution in [0.25, 0.3) is 0 Å². The number of amides is 1. The molecule has 1 rings (SSSR count). The molecule has 1 aliphatic heterocycles. The molecule has 1 atom stereocenters. The molecule has 0 aromatic heterocycles. The van der Waals surface area contributed by atoms with Crippen molar-refractivity contribution >= 4 is 12.2 Å². The minimum absolute atomic E-state index is 0.134. The molecule has 1 saturated heterocycles. The average Bonchev–Trinajstić information content (AvgIpc) is 2.66. The zero-order valence-corrected chi connectivity index (χ0v) is 7.74. The molecule has 0 spiro atoms. The van der Waals surface area contributed by atoms with Gasteiger partial charge >= 0.3 is 0 Å². The van der Waals surface area contributed by atoms with Gasteiger partial charge in [0.25, 0.3) is 0 Å². The van der Waals surface area contributed by atoms with Gasteiger partial charge in [0.05, 0.1) is 6.04 Å². The minimum atomic E-state index is -0.480. The summed E-state index contributed by atoms with van der Waals surface area (Å²) in [6.45, 7) is 1.74. The fourth-order valence-electron chi connectivity index (χ4n) is 1.48. The maximum atomic E-state index is 11.4. The number of nitrogens with zero attached hydrogens (tertiary/aromatic N) is 1. The maximum Gasteiger partial charge on any atom is 0.222 e. The summed E-state index contributed by atoms with van der Waals surface area (Å²) in [6.07, 6.45) is 3.77. The Balaban J connectivity index is 2.20. The van der Waals surface area contributed by atoms with E-state index in [1.54, 1.807) is 0 Å². The standard InChI is InChI=1S/C9H16N2O2/c10-8(7-12)3-4-9(13)11-5-1-2-6-11/h7-8H,1-6,10H2. The maximum absolute atomic E-state index is 11.4. The highest BCUT2D eigenvalue weighted by Crippen LogP contribution is 2.09. The Morgan fingerprint density at radius 1 is 1.46 bits per heavy atom. The number of aldehydes is 1. The third-order valence-electron chi connectivity index (χ3n) is 2.33. The second kappa shape index (κ2) is 4.97. The number of likely N-dealkylation sites (tertiary alicyclic amines) is 1. The van der Waals surface area contributed by atoms with Crippen molar-refractivity contribution in [2.75, 3.05) is 13.1 Å². The van der Waals surface area contributed by atoms with Crippen molar-refractivity contribution in [3.8, 4) is 0 Å². The Hall–Kier alpha value is -0.900. The van der Waals surface area contributed by atoms with Crippen molar-refractivity contribution in [1.82, 2.24) is 4.90 Å². The second-order valence-corrected chi connectivity index (χ2v) is 3.43. The van der Waals surface area contributed by atoms with E-state index in [1.807, 2.05) is 4.90 Å². The van der Waals surface area contributed by atoms with Gasteiger partial charge < -0.3 is 15.4 Å². The van der Waals surface area contributed by atoms with Crippen LogP contribution < -0.4 is 5.73 Å². The number of hydrogen-bond donors (Lipinski definition) is 1. The van der Waals surface area contributed by atoms with Gasteiger partial charge in [-0.1, -0.05) is 0 Å². The molecule has 74 valence electrons. The van der Waals surface area contributed by atoms with Crippen LogP contribution in [-0.4, -0.2) is 36.2 Å². The Bertz CT molecular complexity index is 188. The monoisotopic (exact) mass is 184 g/mol. The molecule has 1 heterocycles. The lowest BCUT2D eigenvalue weighted by Gasteiger charge is -2.15. The van der Waals surface area contributed by atoms with Gasteiger partial charge in [-0.05, 0) is 19.3 Å². The van der Waals surface area contributed by atoms with Crippen LogP contribution in [-0.2, 0) is 9.59 Å². The molecule has 1 amide bonds. The van der Waals surface area contributed by atoms with Crippen LogP contribution in [0.1, 0.15) is 25.7 Å². The van der Waals surface area contributed by atoms with Gasteiger partial charge in [0.15, 0.2) is 0 Å². The Labute approximate surface area is 78.1 Å². The van der Waals surface area contributed by atoms with E-state index in [2.05, 4.69) is 0 Å². The quantitative estimate of drug-likeness (QED) is 0.621. The molecule has 4 heteroatoms. The highest BCUT2D eigenvalue weighted by molar-refractivity contribution is 5.77. The third-order valence-corrected chi connectivity index (χ3v) is 2.33. The highest BCUT2D eigenvalue weighted by Gasteiger charge is 2.17. The van der Waals surface area contributed by atoms with Crippen LogP contribution >= 0.6 is 0 Å². The first kappa shape index (κ1) is 10.2. The fourth-order valence-corrected chi connectivity index (χ4v) is 1.48. The third kappa shape index (κ3) is 3.14.